The van der Waals surface area contributed by atoms with Crippen molar-refractivity contribution in [2.75, 3.05) is 5.75 Å². The average molecular weight is 282 g/mol. The second-order valence-electron chi connectivity index (χ2n) is 3.52. The summed E-state index contributed by atoms with van der Waals surface area (Å²) in [4.78, 5) is 0.0468. The first kappa shape index (κ1) is 13.8. The molecule has 6 heteroatoms. The van der Waals surface area contributed by atoms with Crippen LogP contribution in [0.1, 0.15) is 13.3 Å². The molecule has 0 aromatic heterocycles. The Morgan fingerprint density at radius 3 is 2.56 bits per heavy atom. The van der Waals surface area contributed by atoms with Gasteiger partial charge in [0.1, 0.15) is 0 Å². The zero-order valence-electron chi connectivity index (χ0n) is 8.78. The molecule has 1 aromatic rings. The quantitative estimate of drug-likeness (QED) is 0.923. The standard InChI is InChI=1S/C10H13Cl2NO2S/c1-2-8(13)6-16(14,15)10-5-7(11)3-4-9(10)12/h3-5,8H,2,6,13H2,1H3. The van der Waals surface area contributed by atoms with Crippen molar-refractivity contribution in [2.24, 2.45) is 5.73 Å². The molecule has 0 saturated heterocycles. The van der Waals surface area contributed by atoms with E-state index in [0.717, 1.165) is 0 Å². The third-order valence-corrected chi connectivity index (χ3v) is 4.74. The van der Waals surface area contributed by atoms with Gasteiger partial charge in [0.05, 0.1) is 15.7 Å². The fraction of sp³-hybridized carbons (Fsp3) is 0.400. The number of hydrogen-bond donors (Lipinski definition) is 1. The minimum atomic E-state index is -3.47. The molecule has 0 aliphatic carbocycles. The molecule has 0 saturated carbocycles. The van der Waals surface area contributed by atoms with Gasteiger partial charge in [-0.1, -0.05) is 30.1 Å². The van der Waals surface area contributed by atoms with E-state index in [1.807, 2.05) is 6.92 Å². The van der Waals surface area contributed by atoms with Crippen LogP contribution < -0.4 is 5.73 Å². The normalized spacial score (nSPS) is 13.8. The third kappa shape index (κ3) is 3.35. The lowest BCUT2D eigenvalue weighted by Gasteiger charge is -2.11. The summed E-state index contributed by atoms with van der Waals surface area (Å²) in [6.45, 7) is 1.83. The summed E-state index contributed by atoms with van der Waals surface area (Å²) in [5, 5.41) is 0.515. The van der Waals surface area contributed by atoms with Crippen LogP contribution in [-0.2, 0) is 9.84 Å². The lowest BCUT2D eigenvalue weighted by molar-refractivity contribution is 0.584. The van der Waals surface area contributed by atoms with Gasteiger partial charge >= 0.3 is 0 Å². The molecule has 0 heterocycles. The van der Waals surface area contributed by atoms with Crippen LogP contribution in [0.2, 0.25) is 10.0 Å². The second kappa shape index (κ2) is 5.36. The maximum absolute atomic E-state index is 12.0. The molecule has 0 fully saturated rings. The molecule has 0 radical (unpaired) electrons. The fourth-order valence-electron chi connectivity index (χ4n) is 1.20. The smallest absolute Gasteiger partial charge is 0.181 e. The molecule has 0 aliphatic rings. The van der Waals surface area contributed by atoms with E-state index in [-0.39, 0.29) is 21.7 Å². The van der Waals surface area contributed by atoms with Crippen molar-refractivity contribution in [1.29, 1.82) is 0 Å². The Hall–Kier alpha value is -0.290. The molecule has 90 valence electrons. The first-order valence-electron chi connectivity index (χ1n) is 4.80. The summed E-state index contributed by atoms with van der Waals surface area (Å²) < 4.78 is 23.9. The van der Waals surface area contributed by atoms with Crippen LogP contribution in [-0.4, -0.2) is 20.2 Å². The van der Waals surface area contributed by atoms with Gasteiger partial charge in [-0.15, -0.1) is 0 Å². The predicted molar refractivity (Wildman–Crippen MR) is 66.8 cm³/mol. The van der Waals surface area contributed by atoms with Crippen LogP contribution >= 0.6 is 23.2 Å². The number of hydrogen-bond acceptors (Lipinski definition) is 3. The summed E-state index contributed by atoms with van der Waals surface area (Å²) in [7, 11) is -3.47. The van der Waals surface area contributed by atoms with Gasteiger partial charge in [0.2, 0.25) is 0 Å². The summed E-state index contributed by atoms with van der Waals surface area (Å²) in [6.07, 6.45) is 0.595. The monoisotopic (exact) mass is 281 g/mol. The van der Waals surface area contributed by atoms with Crippen molar-refractivity contribution < 1.29 is 8.42 Å². The molecule has 1 aromatic carbocycles. The Morgan fingerprint density at radius 2 is 2.00 bits per heavy atom. The molecule has 1 atom stereocenters. The van der Waals surface area contributed by atoms with E-state index in [4.69, 9.17) is 28.9 Å². The summed E-state index contributed by atoms with van der Waals surface area (Å²) in [5.74, 6) is -0.121. The number of halogens is 2. The molecule has 0 bridgehead atoms. The van der Waals surface area contributed by atoms with Gasteiger partial charge in [0.25, 0.3) is 0 Å². The lowest BCUT2D eigenvalue weighted by Crippen LogP contribution is -2.28. The van der Waals surface area contributed by atoms with Crippen molar-refractivity contribution in [3.8, 4) is 0 Å². The van der Waals surface area contributed by atoms with E-state index in [2.05, 4.69) is 0 Å². The molecule has 0 amide bonds. The van der Waals surface area contributed by atoms with Gasteiger partial charge in [-0.2, -0.15) is 0 Å². The highest BCUT2D eigenvalue weighted by atomic mass is 35.5. The van der Waals surface area contributed by atoms with Gasteiger partial charge in [-0.25, -0.2) is 8.42 Å². The van der Waals surface area contributed by atoms with Gasteiger partial charge in [0, 0.05) is 11.1 Å². The molecule has 0 spiro atoms. The van der Waals surface area contributed by atoms with Crippen LogP contribution in [0.25, 0.3) is 0 Å². The molecular weight excluding hydrogens is 269 g/mol. The van der Waals surface area contributed by atoms with E-state index in [1.54, 1.807) is 6.07 Å². The highest BCUT2D eigenvalue weighted by molar-refractivity contribution is 7.91. The van der Waals surface area contributed by atoms with Crippen molar-refractivity contribution >= 4 is 33.0 Å². The van der Waals surface area contributed by atoms with E-state index < -0.39 is 9.84 Å². The number of rotatable bonds is 4. The SMILES string of the molecule is CCC(N)CS(=O)(=O)c1cc(Cl)ccc1Cl. The van der Waals surface area contributed by atoms with E-state index in [9.17, 15) is 8.42 Å². The average Bonchev–Trinajstić information content (AvgIpc) is 2.20. The minimum Gasteiger partial charge on any atom is -0.327 e. The van der Waals surface area contributed by atoms with Crippen LogP contribution in [0.15, 0.2) is 23.1 Å². The van der Waals surface area contributed by atoms with Gasteiger partial charge < -0.3 is 5.73 Å². The molecule has 0 aliphatic heterocycles. The minimum absolute atomic E-state index is 0.0468. The van der Waals surface area contributed by atoms with Crippen LogP contribution in [0.5, 0.6) is 0 Å². The highest BCUT2D eigenvalue weighted by Gasteiger charge is 2.21. The highest BCUT2D eigenvalue weighted by Crippen LogP contribution is 2.26. The Morgan fingerprint density at radius 1 is 1.38 bits per heavy atom. The van der Waals surface area contributed by atoms with Crippen molar-refractivity contribution in [2.45, 2.75) is 24.3 Å². The predicted octanol–water partition coefficient (Wildman–Crippen LogP) is 2.50. The van der Waals surface area contributed by atoms with E-state index >= 15 is 0 Å². The molecule has 16 heavy (non-hydrogen) atoms. The molecule has 1 unspecified atom stereocenters. The van der Waals surface area contributed by atoms with Crippen molar-refractivity contribution in [1.82, 2.24) is 0 Å². The van der Waals surface area contributed by atoms with E-state index in [0.29, 0.717) is 11.4 Å². The molecule has 1 rings (SSSR count). The van der Waals surface area contributed by atoms with E-state index in [1.165, 1.54) is 12.1 Å². The number of sulfone groups is 1. The third-order valence-electron chi connectivity index (χ3n) is 2.19. The molecule has 2 N–H and O–H groups in total. The van der Waals surface area contributed by atoms with Gasteiger partial charge in [-0.05, 0) is 24.6 Å². The Bertz CT molecular complexity index is 474. The summed E-state index contributed by atoms with van der Waals surface area (Å²) in [6, 6.07) is 3.97. The Balaban J connectivity index is 3.12. The maximum atomic E-state index is 12.0. The maximum Gasteiger partial charge on any atom is 0.181 e. The Labute approximate surface area is 105 Å². The zero-order valence-corrected chi connectivity index (χ0v) is 11.1. The van der Waals surface area contributed by atoms with Gasteiger partial charge in [-0.3, -0.25) is 0 Å². The topological polar surface area (TPSA) is 60.2 Å². The first-order chi connectivity index (χ1) is 7.36. The largest absolute Gasteiger partial charge is 0.327 e. The van der Waals surface area contributed by atoms with Crippen molar-refractivity contribution in [3.63, 3.8) is 0 Å². The Kier molecular flexibility index (Phi) is 4.62. The molecule has 3 nitrogen and oxygen atoms in total. The van der Waals surface area contributed by atoms with Crippen molar-refractivity contribution in [3.05, 3.63) is 28.2 Å². The summed E-state index contributed by atoms with van der Waals surface area (Å²) >= 11 is 11.6. The van der Waals surface area contributed by atoms with Crippen LogP contribution in [0.4, 0.5) is 0 Å². The number of nitrogens with two attached hydrogens (primary N) is 1. The van der Waals surface area contributed by atoms with Crippen LogP contribution in [0.3, 0.4) is 0 Å². The number of benzene rings is 1. The zero-order chi connectivity index (χ0) is 12.3. The first-order valence-corrected chi connectivity index (χ1v) is 7.21. The molecular formula is C10H13Cl2NO2S. The van der Waals surface area contributed by atoms with Gasteiger partial charge in [0.15, 0.2) is 9.84 Å². The second-order valence-corrected chi connectivity index (χ2v) is 6.37. The summed E-state index contributed by atoms with van der Waals surface area (Å²) in [5.41, 5.74) is 5.63. The van der Waals surface area contributed by atoms with Crippen LogP contribution in [0, 0.1) is 0 Å². The lowest BCUT2D eigenvalue weighted by atomic mass is 10.3. The fourth-order valence-corrected chi connectivity index (χ4v) is 3.56.